The minimum atomic E-state index is -0.530. The van der Waals surface area contributed by atoms with Gasteiger partial charge in [0.25, 0.3) is 0 Å². The number of nitrogens with zero attached hydrogens (tertiary/aromatic N) is 3. The molecule has 24 heavy (non-hydrogen) atoms. The van der Waals surface area contributed by atoms with Crippen molar-refractivity contribution in [2.24, 2.45) is 0 Å². The molecule has 0 amide bonds. The van der Waals surface area contributed by atoms with Gasteiger partial charge in [-0.25, -0.2) is 9.50 Å². The molecule has 0 spiro atoms. The smallest absolute Gasteiger partial charge is 0.155 e. The highest BCUT2D eigenvalue weighted by Gasteiger charge is 2.15. The summed E-state index contributed by atoms with van der Waals surface area (Å²) in [6.45, 7) is 8.60. The molecule has 5 heteroatoms. The van der Waals surface area contributed by atoms with E-state index in [2.05, 4.69) is 22.3 Å². The van der Waals surface area contributed by atoms with E-state index in [4.69, 9.17) is 0 Å². The Bertz CT molecular complexity index is 856. The lowest BCUT2D eigenvalue weighted by Crippen LogP contribution is -2.26. The summed E-state index contributed by atoms with van der Waals surface area (Å²) in [5.74, 6) is 0. The lowest BCUT2D eigenvalue weighted by Gasteiger charge is -2.20. The fourth-order valence-electron chi connectivity index (χ4n) is 3.07. The van der Waals surface area contributed by atoms with Gasteiger partial charge in [0, 0.05) is 36.1 Å². The van der Waals surface area contributed by atoms with Gasteiger partial charge in [-0.2, -0.15) is 5.10 Å². The minimum Gasteiger partial charge on any atom is -0.387 e. The molecule has 0 aliphatic carbocycles. The number of aryl methyl sites for hydroxylation is 3. The van der Waals surface area contributed by atoms with Gasteiger partial charge < -0.3 is 10.4 Å². The largest absolute Gasteiger partial charge is 0.387 e. The number of hydrogen-bond acceptors (Lipinski definition) is 4. The molecule has 0 bridgehead atoms. The van der Waals surface area contributed by atoms with Crippen LogP contribution in [-0.4, -0.2) is 26.2 Å². The van der Waals surface area contributed by atoms with Crippen LogP contribution in [0.25, 0.3) is 5.65 Å². The number of aliphatic hydroxyl groups excluding tert-OH is 1. The van der Waals surface area contributed by atoms with Crippen molar-refractivity contribution in [2.75, 3.05) is 6.54 Å². The predicted molar refractivity (Wildman–Crippen MR) is 95.0 cm³/mol. The van der Waals surface area contributed by atoms with Crippen LogP contribution in [0.15, 0.2) is 36.5 Å². The molecule has 2 aromatic heterocycles. The molecule has 0 aliphatic heterocycles. The molecule has 3 rings (SSSR count). The van der Waals surface area contributed by atoms with E-state index in [9.17, 15) is 5.11 Å². The fraction of sp³-hybridized carbons (Fsp3) is 0.368. The maximum Gasteiger partial charge on any atom is 0.155 e. The Hall–Kier alpha value is -2.24. The molecule has 0 saturated carbocycles. The number of aliphatic hydroxyl groups is 1. The summed E-state index contributed by atoms with van der Waals surface area (Å²) >= 11 is 0. The molecule has 0 fully saturated rings. The van der Waals surface area contributed by atoms with Gasteiger partial charge in [-0.3, -0.25) is 0 Å². The zero-order chi connectivity index (χ0) is 17.3. The van der Waals surface area contributed by atoms with E-state index in [0.717, 1.165) is 33.7 Å². The molecule has 3 aromatic rings. The van der Waals surface area contributed by atoms with Crippen LogP contribution in [0.1, 0.15) is 47.1 Å². The third-order valence-electron chi connectivity index (χ3n) is 4.52. The zero-order valence-electron chi connectivity index (χ0n) is 14.6. The molecular weight excluding hydrogens is 300 g/mol. The first-order chi connectivity index (χ1) is 11.5. The molecule has 126 valence electrons. The maximum atomic E-state index is 10.4. The van der Waals surface area contributed by atoms with Gasteiger partial charge in [-0.15, -0.1) is 0 Å². The normalized spacial score (nSPS) is 14.0. The lowest BCUT2D eigenvalue weighted by molar-refractivity contribution is 0.170. The van der Waals surface area contributed by atoms with Crippen LogP contribution in [0.3, 0.4) is 0 Å². The molecule has 2 heterocycles. The Balaban J connectivity index is 1.74. The highest BCUT2D eigenvalue weighted by atomic mass is 16.3. The van der Waals surface area contributed by atoms with Gasteiger partial charge in [0.2, 0.25) is 0 Å². The number of fused-ring (bicyclic) bond motifs is 1. The number of aromatic nitrogens is 3. The van der Waals surface area contributed by atoms with Crippen LogP contribution in [0.2, 0.25) is 0 Å². The van der Waals surface area contributed by atoms with Crippen molar-refractivity contribution in [3.8, 4) is 0 Å². The van der Waals surface area contributed by atoms with Crippen molar-refractivity contribution < 1.29 is 5.11 Å². The number of rotatable bonds is 5. The highest BCUT2D eigenvalue weighted by Crippen LogP contribution is 2.20. The summed E-state index contributed by atoms with van der Waals surface area (Å²) < 4.78 is 1.88. The Kier molecular flexibility index (Phi) is 4.64. The van der Waals surface area contributed by atoms with Crippen molar-refractivity contribution in [1.82, 2.24) is 19.9 Å². The van der Waals surface area contributed by atoms with Crippen molar-refractivity contribution >= 4 is 5.65 Å². The van der Waals surface area contributed by atoms with Crippen molar-refractivity contribution in [3.63, 3.8) is 0 Å². The predicted octanol–water partition coefficient (Wildman–Crippen LogP) is 3.04. The van der Waals surface area contributed by atoms with Gasteiger partial charge in [0.1, 0.15) is 0 Å². The second kappa shape index (κ2) is 6.71. The van der Waals surface area contributed by atoms with Crippen LogP contribution >= 0.6 is 0 Å². The second-order valence-corrected chi connectivity index (χ2v) is 6.36. The summed E-state index contributed by atoms with van der Waals surface area (Å²) in [5.41, 5.74) is 6.04. The molecule has 2 unspecified atom stereocenters. The molecule has 1 aromatic carbocycles. The van der Waals surface area contributed by atoms with Gasteiger partial charge in [-0.05, 0) is 38.8 Å². The van der Waals surface area contributed by atoms with Crippen molar-refractivity contribution in [2.45, 2.75) is 39.8 Å². The number of hydrogen-bond donors (Lipinski definition) is 2. The summed E-state index contributed by atoms with van der Waals surface area (Å²) in [4.78, 5) is 4.48. The minimum absolute atomic E-state index is 0.0741. The van der Waals surface area contributed by atoms with E-state index in [1.54, 1.807) is 0 Å². The van der Waals surface area contributed by atoms with E-state index < -0.39 is 6.10 Å². The average Bonchev–Trinajstić information content (AvgIpc) is 2.94. The van der Waals surface area contributed by atoms with Crippen LogP contribution in [0.4, 0.5) is 0 Å². The van der Waals surface area contributed by atoms with Crippen LogP contribution < -0.4 is 5.32 Å². The Morgan fingerprint density at radius 1 is 1.17 bits per heavy atom. The fourth-order valence-corrected chi connectivity index (χ4v) is 3.07. The molecule has 5 nitrogen and oxygen atoms in total. The maximum absolute atomic E-state index is 10.4. The molecule has 2 N–H and O–H groups in total. The topological polar surface area (TPSA) is 62.5 Å². The average molecular weight is 324 g/mol. The standard InChI is InChI=1S/C19H24N4O/c1-12-7-5-6-8-16(12)18(24)11-20-14(3)17-10-21-19-9-13(2)22-23(19)15(17)4/h5-10,14,18,20,24H,11H2,1-4H3. The van der Waals surface area contributed by atoms with E-state index in [1.165, 1.54) is 0 Å². The van der Waals surface area contributed by atoms with Gasteiger partial charge >= 0.3 is 0 Å². The van der Waals surface area contributed by atoms with E-state index >= 15 is 0 Å². The number of benzene rings is 1. The van der Waals surface area contributed by atoms with E-state index in [-0.39, 0.29) is 6.04 Å². The summed E-state index contributed by atoms with van der Waals surface area (Å²) in [6, 6.07) is 9.97. The Morgan fingerprint density at radius 3 is 2.67 bits per heavy atom. The summed E-state index contributed by atoms with van der Waals surface area (Å²) in [7, 11) is 0. The third-order valence-corrected chi connectivity index (χ3v) is 4.52. The van der Waals surface area contributed by atoms with E-state index in [1.807, 2.05) is 61.8 Å². The molecule has 0 saturated heterocycles. The highest BCUT2D eigenvalue weighted by molar-refractivity contribution is 5.42. The quantitative estimate of drug-likeness (QED) is 0.757. The second-order valence-electron chi connectivity index (χ2n) is 6.36. The molecular formula is C19H24N4O. The Labute approximate surface area is 142 Å². The van der Waals surface area contributed by atoms with Crippen molar-refractivity contribution in [3.05, 3.63) is 64.6 Å². The molecule has 0 aliphatic rings. The van der Waals surface area contributed by atoms with Crippen LogP contribution in [0, 0.1) is 20.8 Å². The lowest BCUT2D eigenvalue weighted by atomic mass is 10.0. The van der Waals surface area contributed by atoms with E-state index in [0.29, 0.717) is 6.54 Å². The monoisotopic (exact) mass is 324 g/mol. The third kappa shape index (κ3) is 3.18. The molecule has 2 atom stereocenters. The first-order valence-electron chi connectivity index (χ1n) is 8.26. The first-order valence-corrected chi connectivity index (χ1v) is 8.26. The summed E-state index contributed by atoms with van der Waals surface area (Å²) in [5, 5.41) is 18.3. The molecule has 0 radical (unpaired) electrons. The van der Waals surface area contributed by atoms with Crippen LogP contribution in [0.5, 0.6) is 0 Å². The summed E-state index contributed by atoms with van der Waals surface area (Å²) in [6.07, 6.45) is 1.36. The van der Waals surface area contributed by atoms with Crippen LogP contribution in [-0.2, 0) is 0 Å². The Morgan fingerprint density at radius 2 is 1.92 bits per heavy atom. The van der Waals surface area contributed by atoms with Gasteiger partial charge in [0.15, 0.2) is 5.65 Å². The van der Waals surface area contributed by atoms with Gasteiger partial charge in [-0.1, -0.05) is 24.3 Å². The van der Waals surface area contributed by atoms with Gasteiger partial charge in [0.05, 0.1) is 11.8 Å². The van der Waals surface area contributed by atoms with Crippen molar-refractivity contribution in [1.29, 1.82) is 0 Å². The number of nitrogens with one attached hydrogen (secondary N) is 1. The first kappa shape index (κ1) is 16.6. The zero-order valence-corrected chi connectivity index (χ0v) is 14.6. The SMILES string of the molecule is Cc1cc2ncc(C(C)NCC(O)c3ccccc3C)c(C)n2n1.